The standard InChI is InChI=1S/C25H30N8O.ClH/c26-23-28-24(27)33(25(29-23)14-5-2-6-15-25)21-9-11-22(12-10-21)34-18-20-17-32(31-30-20)16-13-19-7-3-1-4-8-19;/h1,3-4,7-12,17H,2,5-6,13-16,18H2,(H4,26,27,28,29);1H. The van der Waals surface area contributed by atoms with Gasteiger partial charge in [0.2, 0.25) is 11.9 Å². The van der Waals surface area contributed by atoms with Crippen LogP contribution in [-0.4, -0.2) is 32.6 Å². The van der Waals surface area contributed by atoms with Crippen LogP contribution in [0.5, 0.6) is 5.75 Å². The highest BCUT2D eigenvalue weighted by molar-refractivity contribution is 6.05. The van der Waals surface area contributed by atoms with Gasteiger partial charge in [-0.1, -0.05) is 42.0 Å². The van der Waals surface area contributed by atoms with Gasteiger partial charge in [0, 0.05) is 12.2 Å². The predicted molar refractivity (Wildman–Crippen MR) is 140 cm³/mol. The zero-order valence-corrected chi connectivity index (χ0v) is 20.4. The lowest BCUT2D eigenvalue weighted by molar-refractivity contribution is 0.299. The van der Waals surface area contributed by atoms with Gasteiger partial charge in [0.15, 0.2) is 0 Å². The van der Waals surface area contributed by atoms with Gasteiger partial charge in [-0.2, -0.15) is 4.99 Å². The average molecular weight is 495 g/mol. The van der Waals surface area contributed by atoms with Gasteiger partial charge < -0.3 is 16.2 Å². The number of aryl methyl sites for hydroxylation is 2. The molecule has 1 aliphatic carbocycles. The summed E-state index contributed by atoms with van der Waals surface area (Å²) in [6.45, 7) is 1.13. The van der Waals surface area contributed by atoms with Gasteiger partial charge >= 0.3 is 0 Å². The van der Waals surface area contributed by atoms with Crippen molar-refractivity contribution < 1.29 is 4.74 Å². The summed E-state index contributed by atoms with van der Waals surface area (Å²) in [5, 5.41) is 8.44. The van der Waals surface area contributed by atoms with E-state index in [2.05, 4.69) is 27.4 Å². The maximum atomic E-state index is 6.31. The van der Waals surface area contributed by atoms with Crippen LogP contribution in [0.4, 0.5) is 5.69 Å². The van der Waals surface area contributed by atoms with E-state index in [9.17, 15) is 0 Å². The molecule has 3 aromatic rings. The summed E-state index contributed by atoms with van der Waals surface area (Å²) < 4.78 is 7.80. The van der Waals surface area contributed by atoms with Crippen LogP contribution in [0.15, 0.2) is 70.8 Å². The van der Waals surface area contributed by atoms with Gasteiger partial charge in [-0.15, -0.1) is 17.5 Å². The molecule has 4 N–H and O–H groups in total. The van der Waals surface area contributed by atoms with Crippen LogP contribution < -0.4 is 21.1 Å². The molecule has 9 nitrogen and oxygen atoms in total. The first kappa shape index (κ1) is 24.5. The molecular formula is C25H31ClN8O. The average Bonchev–Trinajstić information content (AvgIpc) is 3.31. The number of benzene rings is 2. The molecule has 1 spiro atoms. The highest BCUT2D eigenvalue weighted by atomic mass is 35.5. The first-order valence-electron chi connectivity index (χ1n) is 11.8. The van der Waals surface area contributed by atoms with E-state index in [0.717, 1.165) is 55.8 Å². The molecule has 1 saturated carbocycles. The second-order valence-corrected chi connectivity index (χ2v) is 8.81. The Morgan fingerprint density at radius 2 is 1.69 bits per heavy atom. The van der Waals surface area contributed by atoms with Crippen molar-refractivity contribution in [2.75, 3.05) is 4.90 Å². The van der Waals surface area contributed by atoms with E-state index in [-0.39, 0.29) is 18.4 Å². The zero-order chi connectivity index (χ0) is 23.4. The fourth-order valence-corrected chi connectivity index (χ4v) is 4.75. The molecule has 35 heavy (non-hydrogen) atoms. The molecule has 0 atom stereocenters. The highest BCUT2D eigenvalue weighted by Gasteiger charge is 2.42. The molecule has 2 heterocycles. The molecule has 0 unspecified atom stereocenters. The number of ether oxygens (including phenoxy) is 1. The number of nitrogens with two attached hydrogens (primary N) is 2. The second kappa shape index (κ2) is 10.8. The Bertz CT molecular complexity index is 1170. The third-order valence-electron chi connectivity index (χ3n) is 6.39. The number of rotatable bonds is 7. The minimum Gasteiger partial charge on any atom is -0.487 e. The lowest BCUT2D eigenvalue weighted by Crippen LogP contribution is -2.58. The lowest BCUT2D eigenvalue weighted by atomic mass is 9.87. The van der Waals surface area contributed by atoms with Crippen LogP contribution in [0.1, 0.15) is 43.4 Å². The van der Waals surface area contributed by atoms with Gasteiger partial charge in [-0.3, -0.25) is 9.58 Å². The lowest BCUT2D eigenvalue weighted by Gasteiger charge is -2.45. The largest absolute Gasteiger partial charge is 0.487 e. The normalized spacial score (nSPS) is 16.9. The molecule has 0 bridgehead atoms. The maximum absolute atomic E-state index is 6.31. The van der Waals surface area contributed by atoms with Crippen LogP contribution in [0.3, 0.4) is 0 Å². The topological polar surface area (TPSA) is 120 Å². The van der Waals surface area contributed by atoms with Gasteiger partial charge in [0.25, 0.3) is 0 Å². The number of nitrogens with zero attached hydrogens (tertiary/aromatic N) is 6. The van der Waals surface area contributed by atoms with Crippen LogP contribution >= 0.6 is 12.4 Å². The Morgan fingerprint density at radius 1 is 0.943 bits per heavy atom. The number of hydrogen-bond donors (Lipinski definition) is 2. The SMILES string of the molecule is Cl.NC1=NC2(CCCCC2)N(c2ccc(OCc3cn(CCc4ccccc4)nn3)cc2)C(N)=N1. The number of hydrogen-bond acceptors (Lipinski definition) is 8. The molecule has 1 aliphatic heterocycles. The summed E-state index contributed by atoms with van der Waals surface area (Å²) >= 11 is 0. The minimum absolute atomic E-state index is 0. The molecule has 1 fully saturated rings. The first-order valence-corrected chi connectivity index (χ1v) is 11.8. The van der Waals surface area contributed by atoms with Gasteiger partial charge in [-0.25, -0.2) is 4.99 Å². The smallest absolute Gasteiger partial charge is 0.220 e. The van der Waals surface area contributed by atoms with E-state index < -0.39 is 5.66 Å². The quantitative estimate of drug-likeness (QED) is 0.517. The van der Waals surface area contributed by atoms with Crippen molar-refractivity contribution in [3.8, 4) is 5.75 Å². The number of anilines is 1. The van der Waals surface area contributed by atoms with Crippen molar-refractivity contribution in [2.24, 2.45) is 21.5 Å². The summed E-state index contributed by atoms with van der Waals surface area (Å²) in [7, 11) is 0. The molecule has 1 aromatic heterocycles. The van der Waals surface area contributed by atoms with Crippen LogP contribution in [-0.2, 0) is 19.6 Å². The second-order valence-electron chi connectivity index (χ2n) is 8.81. The molecule has 5 rings (SSSR count). The summed E-state index contributed by atoms with van der Waals surface area (Å²) in [4.78, 5) is 11.0. The van der Waals surface area contributed by atoms with Gasteiger partial charge in [0.05, 0.1) is 6.20 Å². The van der Waals surface area contributed by atoms with Crippen molar-refractivity contribution in [1.82, 2.24) is 15.0 Å². The Balaban J connectivity index is 0.00000289. The van der Waals surface area contributed by atoms with Gasteiger partial charge in [0.1, 0.15) is 23.7 Å². The van der Waals surface area contributed by atoms with Crippen molar-refractivity contribution in [3.05, 3.63) is 72.1 Å². The zero-order valence-electron chi connectivity index (χ0n) is 19.6. The van der Waals surface area contributed by atoms with E-state index in [1.165, 1.54) is 12.0 Å². The van der Waals surface area contributed by atoms with Gasteiger partial charge in [-0.05, 0) is 61.9 Å². The van der Waals surface area contributed by atoms with Crippen molar-refractivity contribution >= 4 is 30.0 Å². The fourth-order valence-electron chi connectivity index (χ4n) is 4.75. The molecule has 2 aromatic carbocycles. The third-order valence-corrected chi connectivity index (χ3v) is 6.39. The molecule has 184 valence electrons. The summed E-state index contributed by atoms with van der Waals surface area (Å²) in [6, 6.07) is 18.2. The van der Waals surface area contributed by atoms with Crippen molar-refractivity contribution in [2.45, 2.75) is 57.3 Å². The van der Waals surface area contributed by atoms with Crippen LogP contribution in [0.2, 0.25) is 0 Å². The van der Waals surface area contributed by atoms with E-state index in [1.54, 1.807) is 0 Å². The molecule has 0 saturated heterocycles. The van der Waals surface area contributed by atoms with Crippen molar-refractivity contribution in [3.63, 3.8) is 0 Å². The monoisotopic (exact) mass is 494 g/mol. The summed E-state index contributed by atoms with van der Waals surface area (Å²) in [6.07, 6.45) is 8.03. The fraction of sp³-hybridized carbons (Fsp3) is 0.360. The Hall–Kier alpha value is -3.59. The third kappa shape index (κ3) is 5.57. The summed E-state index contributed by atoms with van der Waals surface area (Å²) in [5.41, 5.74) is 14.8. The molecular weight excluding hydrogens is 464 g/mol. The highest BCUT2D eigenvalue weighted by Crippen LogP contribution is 2.39. The number of aliphatic imine (C=N–C) groups is 2. The van der Waals surface area contributed by atoms with E-state index >= 15 is 0 Å². The Kier molecular flexibility index (Phi) is 7.55. The van der Waals surface area contributed by atoms with E-state index in [0.29, 0.717) is 12.6 Å². The number of halogens is 1. The molecule has 0 amide bonds. The number of guanidine groups is 2. The maximum Gasteiger partial charge on any atom is 0.220 e. The van der Waals surface area contributed by atoms with E-state index in [1.807, 2.05) is 58.2 Å². The Morgan fingerprint density at radius 3 is 2.43 bits per heavy atom. The van der Waals surface area contributed by atoms with E-state index in [4.69, 9.17) is 21.2 Å². The molecule has 0 radical (unpaired) electrons. The van der Waals surface area contributed by atoms with Crippen LogP contribution in [0.25, 0.3) is 0 Å². The molecule has 10 heteroatoms. The van der Waals surface area contributed by atoms with Crippen molar-refractivity contribution in [1.29, 1.82) is 0 Å². The summed E-state index contributed by atoms with van der Waals surface area (Å²) in [5.74, 6) is 1.39. The predicted octanol–water partition coefficient (Wildman–Crippen LogP) is 3.63. The first-order chi connectivity index (χ1) is 16.6. The number of aromatic nitrogens is 3. The molecule has 2 aliphatic rings. The Labute approximate surface area is 211 Å². The van der Waals surface area contributed by atoms with Crippen LogP contribution in [0, 0.1) is 0 Å². The minimum atomic E-state index is -0.450.